The van der Waals surface area contributed by atoms with E-state index in [9.17, 15) is 4.79 Å². The first-order chi connectivity index (χ1) is 15.6. The summed E-state index contributed by atoms with van der Waals surface area (Å²) in [7, 11) is 0. The minimum absolute atomic E-state index is 0.143. The Morgan fingerprint density at radius 2 is 1.78 bits per heavy atom. The number of amides is 1. The van der Waals surface area contributed by atoms with Crippen molar-refractivity contribution in [3.05, 3.63) is 78.4 Å². The Hall–Kier alpha value is -3.68. The summed E-state index contributed by atoms with van der Waals surface area (Å²) < 4.78 is 7.91. The lowest BCUT2D eigenvalue weighted by Crippen LogP contribution is -2.48. The summed E-state index contributed by atoms with van der Waals surface area (Å²) in [5.41, 5.74) is 2.64. The zero-order valence-corrected chi connectivity index (χ0v) is 18.1. The Kier molecular flexibility index (Phi) is 5.34. The number of anilines is 1. The van der Waals surface area contributed by atoms with Gasteiger partial charge in [-0.25, -0.2) is 9.98 Å². The molecule has 1 fully saturated rings. The van der Waals surface area contributed by atoms with Crippen molar-refractivity contribution in [2.75, 3.05) is 37.7 Å². The highest BCUT2D eigenvalue weighted by atomic mass is 16.5. The van der Waals surface area contributed by atoms with Gasteiger partial charge in [-0.05, 0) is 29.8 Å². The fourth-order valence-corrected chi connectivity index (χ4v) is 4.34. The number of hydrogen-bond donors (Lipinski definition) is 0. The van der Waals surface area contributed by atoms with Crippen LogP contribution < -0.4 is 4.90 Å². The first-order valence-corrected chi connectivity index (χ1v) is 10.8. The first-order valence-electron chi connectivity index (χ1n) is 10.8. The Balaban J connectivity index is 1.37. The van der Waals surface area contributed by atoms with E-state index < -0.39 is 5.54 Å². The van der Waals surface area contributed by atoms with Gasteiger partial charge in [-0.2, -0.15) is 5.10 Å². The molecule has 8 nitrogen and oxygen atoms in total. The zero-order valence-electron chi connectivity index (χ0n) is 18.1. The van der Waals surface area contributed by atoms with Crippen molar-refractivity contribution in [3.8, 4) is 0 Å². The molecule has 1 unspecified atom stereocenters. The molecule has 0 spiro atoms. The fraction of sp³-hybridized carbons (Fsp3) is 0.333. The lowest BCUT2D eigenvalue weighted by molar-refractivity contribution is -0.129. The van der Waals surface area contributed by atoms with E-state index in [1.54, 1.807) is 17.9 Å². The van der Waals surface area contributed by atoms with E-state index in [1.165, 1.54) is 6.33 Å². The van der Waals surface area contributed by atoms with E-state index in [0.29, 0.717) is 19.0 Å². The predicted molar refractivity (Wildman–Crippen MR) is 122 cm³/mol. The van der Waals surface area contributed by atoms with Gasteiger partial charge in [-0.3, -0.25) is 9.48 Å². The number of piperazine rings is 1. The maximum Gasteiger partial charge on any atom is 0.219 e. The van der Waals surface area contributed by atoms with E-state index in [2.05, 4.69) is 51.4 Å². The molecule has 5 rings (SSSR count). The number of nitrogens with zero attached hydrogens (tertiary/aromatic N) is 6. The van der Waals surface area contributed by atoms with Crippen LogP contribution in [0.1, 0.15) is 18.1 Å². The molecule has 164 valence electrons. The van der Waals surface area contributed by atoms with Crippen molar-refractivity contribution in [2.24, 2.45) is 4.99 Å². The molecule has 2 aliphatic heterocycles. The standard InChI is InChI=1S/C24H26N6O2/c1-19(31)28-11-13-29(14-12-28)22-9-7-20(8-10-22)23-27-24(16-32-23,15-30-18-25-17-26-30)21-5-3-2-4-6-21/h2-10,17-18H,11-16H2,1H3. The molecule has 3 aromatic rings. The molecule has 0 saturated carbocycles. The van der Waals surface area contributed by atoms with Gasteiger partial charge in [-0.15, -0.1) is 0 Å². The highest BCUT2D eigenvalue weighted by Gasteiger charge is 2.39. The Morgan fingerprint density at radius 1 is 1.03 bits per heavy atom. The number of carbonyl (C=O) groups excluding carboxylic acids is 1. The Labute approximate surface area is 187 Å². The summed E-state index contributed by atoms with van der Waals surface area (Å²) in [6.45, 7) is 5.82. The number of ether oxygens (including phenoxy) is 1. The fourth-order valence-electron chi connectivity index (χ4n) is 4.34. The molecule has 0 radical (unpaired) electrons. The molecule has 1 aromatic heterocycles. The number of rotatable bonds is 5. The molecular weight excluding hydrogens is 404 g/mol. The molecule has 3 heterocycles. The smallest absolute Gasteiger partial charge is 0.219 e. The molecule has 2 aliphatic rings. The van der Waals surface area contributed by atoms with Gasteiger partial charge in [0, 0.05) is 44.4 Å². The van der Waals surface area contributed by atoms with E-state index >= 15 is 0 Å². The SMILES string of the molecule is CC(=O)N1CCN(c2ccc(C3=NC(Cn4cncn4)(c4ccccc4)CO3)cc2)CC1. The summed E-state index contributed by atoms with van der Waals surface area (Å²) in [6.07, 6.45) is 3.24. The highest BCUT2D eigenvalue weighted by molar-refractivity contribution is 5.96. The van der Waals surface area contributed by atoms with Crippen LogP contribution in [0.2, 0.25) is 0 Å². The highest BCUT2D eigenvalue weighted by Crippen LogP contribution is 2.34. The lowest BCUT2D eigenvalue weighted by Gasteiger charge is -2.35. The maximum absolute atomic E-state index is 11.6. The molecule has 32 heavy (non-hydrogen) atoms. The van der Waals surface area contributed by atoms with Crippen LogP contribution in [-0.4, -0.2) is 64.3 Å². The summed E-state index contributed by atoms with van der Waals surface area (Å²) >= 11 is 0. The Bertz CT molecular complexity index is 1090. The van der Waals surface area contributed by atoms with Crippen LogP contribution in [0.25, 0.3) is 0 Å². The van der Waals surface area contributed by atoms with Gasteiger partial charge in [-0.1, -0.05) is 30.3 Å². The second-order valence-electron chi connectivity index (χ2n) is 8.24. The van der Waals surface area contributed by atoms with Gasteiger partial charge >= 0.3 is 0 Å². The lowest BCUT2D eigenvalue weighted by atomic mass is 9.91. The second-order valence-corrected chi connectivity index (χ2v) is 8.24. The summed E-state index contributed by atoms with van der Waals surface area (Å²) in [5.74, 6) is 0.783. The van der Waals surface area contributed by atoms with Crippen LogP contribution in [0, 0.1) is 0 Å². The largest absolute Gasteiger partial charge is 0.474 e. The van der Waals surface area contributed by atoms with Crippen molar-refractivity contribution < 1.29 is 9.53 Å². The topological polar surface area (TPSA) is 75.9 Å². The summed E-state index contributed by atoms with van der Waals surface area (Å²) in [5, 5.41) is 4.28. The Morgan fingerprint density at radius 3 is 2.44 bits per heavy atom. The molecular formula is C24H26N6O2. The van der Waals surface area contributed by atoms with Crippen LogP contribution in [0.3, 0.4) is 0 Å². The molecule has 1 amide bonds. The number of carbonyl (C=O) groups is 1. The summed E-state index contributed by atoms with van der Waals surface area (Å²) in [6, 6.07) is 18.5. The van der Waals surface area contributed by atoms with Crippen LogP contribution in [-0.2, 0) is 21.6 Å². The maximum atomic E-state index is 11.6. The second kappa shape index (κ2) is 8.45. The minimum Gasteiger partial charge on any atom is -0.474 e. The number of hydrogen-bond acceptors (Lipinski definition) is 6. The quantitative estimate of drug-likeness (QED) is 0.621. The van der Waals surface area contributed by atoms with Gasteiger partial charge in [0.2, 0.25) is 11.8 Å². The van der Waals surface area contributed by atoms with Crippen molar-refractivity contribution in [2.45, 2.75) is 19.0 Å². The third-order valence-electron chi connectivity index (χ3n) is 6.17. The third-order valence-corrected chi connectivity index (χ3v) is 6.17. The number of benzene rings is 2. The number of aromatic nitrogens is 3. The van der Waals surface area contributed by atoms with Crippen molar-refractivity contribution in [1.29, 1.82) is 0 Å². The van der Waals surface area contributed by atoms with Crippen molar-refractivity contribution in [3.63, 3.8) is 0 Å². The van der Waals surface area contributed by atoms with E-state index in [1.807, 2.05) is 23.1 Å². The van der Waals surface area contributed by atoms with Crippen LogP contribution in [0.15, 0.2) is 72.2 Å². The zero-order chi connectivity index (χ0) is 22.0. The number of aliphatic imine (C=N–C) groups is 1. The van der Waals surface area contributed by atoms with Crippen LogP contribution in [0.4, 0.5) is 5.69 Å². The van der Waals surface area contributed by atoms with Crippen LogP contribution >= 0.6 is 0 Å². The van der Waals surface area contributed by atoms with Gasteiger partial charge in [0.05, 0.1) is 6.54 Å². The average Bonchev–Trinajstić information content (AvgIpc) is 3.51. The van der Waals surface area contributed by atoms with Crippen molar-refractivity contribution >= 4 is 17.5 Å². The predicted octanol–water partition coefficient (Wildman–Crippen LogP) is 2.32. The molecule has 1 saturated heterocycles. The summed E-state index contributed by atoms with van der Waals surface area (Å²) in [4.78, 5) is 24.9. The molecule has 8 heteroatoms. The van der Waals surface area contributed by atoms with E-state index in [0.717, 1.165) is 43.0 Å². The van der Waals surface area contributed by atoms with Crippen LogP contribution in [0.5, 0.6) is 0 Å². The molecule has 0 N–H and O–H groups in total. The van der Waals surface area contributed by atoms with Gasteiger partial charge in [0.1, 0.15) is 24.8 Å². The third kappa shape index (κ3) is 3.95. The van der Waals surface area contributed by atoms with E-state index in [4.69, 9.17) is 9.73 Å². The molecule has 0 aliphatic carbocycles. The van der Waals surface area contributed by atoms with Crippen molar-refractivity contribution in [1.82, 2.24) is 19.7 Å². The molecule has 0 bridgehead atoms. The molecule has 2 aromatic carbocycles. The van der Waals surface area contributed by atoms with Gasteiger partial charge in [0.25, 0.3) is 0 Å². The van der Waals surface area contributed by atoms with E-state index in [-0.39, 0.29) is 5.91 Å². The van der Waals surface area contributed by atoms with Gasteiger partial charge < -0.3 is 14.5 Å². The first kappa shape index (κ1) is 20.2. The normalized spacial score (nSPS) is 20.7. The molecule has 1 atom stereocenters. The van der Waals surface area contributed by atoms with Gasteiger partial charge in [0.15, 0.2) is 0 Å². The minimum atomic E-state index is -0.550. The average molecular weight is 431 g/mol. The monoisotopic (exact) mass is 430 g/mol.